The van der Waals surface area contributed by atoms with Crippen molar-refractivity contribution in [2.24, 2.45) is 11.3 Å². The van der Waals surface area contributed by atoms with E-state index >= 15 is 0 Å². The molecule has 2 aliphatic carbocycles. The van der Waals surface area contributed by atoms with Crippen molar-refractivity contribution in [3.63, 3.8) is 0 Å². The molecule has 0 amide bonds. The van der Waals surface area contributed by atoms with Gasteiger partial charge in [0.05, 0.1) is 12.4 Å². The van der Waals surface area contributed by atoms with Crippen LogP contribution in [0.2, 0.25) is 0 Å². The topological polar surface area (TPSA) is 52.0 Å². The molecule has 114 valence electrons. The van der Waals surface area contributed by atoms with Crippen molar-refractivity contribution >= 4 is 5.97 Å². The summed E-state index contributed by atoms with van der Waals surface area (Å²) in [7, 11) is 0. The lowest BCUT2D eigenvalue weighted by molar-refractivity contribution is -0.155. The fourth-order valence-corrected chi connectivity index (χ4v) is 4.72. The summed E-state index contributed by atoms with van der Waals surface area (Å²) in [6, 6.07) is 0. The highest BCUT2D eigenvalue weighted by Gasteiger charge is 2.74. The quantitative estimate of drug-likeness (QED) is 0.589. The zero-order valence-electron chi connectivity index (χ0n) is 13.1. The first kappa shape index (κ1) is 13.4. The van der Waals surface area contributed by atoms with E-state index in [0.29, 0.717) is 0 Å². The van der Waals surface area contributed by atoms with Crippen LogP contribution < -0.4 is 0 Å². The fourth-order valence-electron chi connectivity index (χ4n) is 4.72. The van der Waals surface area contributed by atoms with E-state index in [9.17, 15) is 4.79 Å². The smallest absolute Gasteiger partial charge is 0.302 e. The highest BCUT2D eigenvalue weighted by atomic mass is 16.6. The Hall–Kier alpha value is -1.29. The van der Waals surface area contributed by atoms with Gasteiger partial charge in [0.1, 0.15) is 17.5 Å². The maximum Gasteiger partial charge on any atom is 0.302 e. The monoisotopic (exact) mass is 290 g/mol. The Morgan fingerprint density at radius 1 is 1.43 bits per heavy atom. The molecule has 2 fully saturated rings. The van der Waals surface area contributed by atoms with E-state index < -0.39 is 0 Å². The molecule has 0 bridgehead atoms. The molecule has 5 atom stereocenters. The molecule has 1 aromatic rings. The van der Waals surface area contributed by atoms with Crippen molar-refractivity contribution < 1.29 is 18.7 Å². The Morgan fingerprint density at radius 3 is 2.90 bits per heavy atom. The van der Waals surface area contributed by atoms with E-state index in [4.69, 9.17) is 13.9 Å². The number of carbonyl (C=O) groups is 1. The maximum atomic E-state index is 11.4. The number of rotatable bonds is 1. The normalized spacial score (nSPS) is 43.5. The van der Waals surface area contributed by atoms with Gasteiger partial charge in [-0.05, 0) is 24.5 Å². The molecule has 1 aliphatic heterocycles. The summed E-state index contributed by atoms with van der Waals surface area (Å²) < 4.78 is 17.5. The van der Waals surface area contributed by atoms with Gasteiger partial charge < -0.3 is 13.9 Å². The molecule has 21 heavy (non-hydrogen) atoms. The fraction of sp³-hybridized carbons (Fsp3) is 0.706. The highest BCUT2D eigenvalue weighted by Crippen LogP contribution is 2.65. The third-order valence-corrected chi connectivity index (χ3v) is 6.27. The minimum absolute atomic E-state index is 0.00231. The van der Waals surface area contributed by atoms with E-state index in [1.165, 1.54) is 18.1 Å². The minimum atomic E-state index is -0.195. The Kier molecular flexibility index (Phi) is 2.49. The first-order valence-corrected chi connectivity index (χ1v) is 7.78. The van der Waals surface area contributed by atoms with Crippen molar-refractivity contribution in [3.8, 4) is 0 Å². The van der Waals surface area contributed by atoms with Crippen molar-refractivity contribution in [1.82, 2.24) is 0 Å². The Balaban J connectivity index is 1.73. The molecule has 0 aromatic carbocycles. The number of epoxide rings is 1. The lowest BCUT2D eigenvalue weighted by Crippen LogP contribution is -2.56. The number of furan rings is 1. The van der Waals surface area contributed by atoms with Gasteiger partial charge in [0.2, 0.25) is 0 Å². The van der Waals surface area contributed by atoms with Crippen LogP contribution in [0.5, 0.6) is 0 Å². The number of ether oxygens (including phenoxy) is 2. The van der Waals surface area contributed by atoms with Crippen LogP contribution in [0, 0.1) is 18.3 Å². The average molecular weight is 290 g/mol. The van der Waals surface area contributed by atoms with Crippen molar-refractivity contribution in [3.05, 3.63) is 23.2 Å². The van der Waals surface area contributed by atoms with Crippen molar-refractivity contribution in [2.45, 2.75) is 64.8 Å². The zero-order chi connectivity index (χ0) is 15.0. The van der Waals surface area contributed by atoms with Crippen LogP contribution in [0.3, 0.4) is 0 Å². The summed E-state index contributed by atoms with van der Waals surface area (Å²) in [5, 5.41) is 0. The zero-order valence-corrected chi connectivity index (χ0v) is 13.1. The van der Waals surface area contributed by atoms with Gasteiger partial charge in [-0.3, -0.25) is 4.79 Å². The standard InChI is InChI=1S/C17H22O4/c1-9-8-19-14-7-17-15(21-17)5-13(20-11(3)18)10(2)16(17,4)6-12(9)14/h8,10,13,15H,5-7H2,1-4H3. The van der Waals surface area contributed by atoms with Gasteiger partial charge in [0.25, 0.3) is 0 Å². The molecule has 4 nitrogen and oxygen atoms in total. The van der Waals surface area contributed by atoms with E-state index in [1.54, 1.807) is 0 Å². The van der Waals surface area contributed by atoms with E-state index in [-0.39, 0.29) is 35.1 Å². The van der Waals surface area contributed by atoms with Crippen LogP contribution in [-0.2, 0) is 27.1 Å². The number of hydrogen-bond donors (Lipinski definition) is 0. The van der Waals surface area contributed by atoms with E-state index in [1.807, 2.05) is 6.26 Å². The van der Waals surface area contributed by atoms with Gasteiger partial charge in [-0.1, -0.05) is 13.8 Å². The van der Waals surface area contributed by atoms with Gasteiger partial charge in [-0.2, -0.15) is 0 Å². The summed E-state index contributed by atoms with van der Waals surface area (Å²) >= 11 is 0. The van der Waals surface area contributed by atoms with Crippen LogP contribution in [0.25, 0.3) is 0 Å². The second kappa shape index (κ2) is 3.92. The first-order valence-electron chi connectivity index (χ1n) is 7.78. The summed E-state index contributed by atoms with van der Waals surface area (Å²) in [6.07, 6.45) is 4.62. The number of hydrogen-bond acceptors (Lipinski definition) is 4. The van der Waals surface area contributed by atoms with Gasteiger partial charge in [-0.15, -0.1) is 0 Å². The Morgan fingerprint density at radius 2 is 2.19 bits per heavy atom. The molecule has 5 unspecified atom stereocenters. The lowest BCUT2D eigenvalue weighted by atomic mass is 9.54. The molecule has 3 aliphatic rings. The van der Waals surface area contributed by atoms with E-state index in [0.717, 1.165) is 25.0 Å². The third-order valence-electron chi connectivity index (χ3n) is 6.27. The van der Waals surface area contributed by atoms with Crippen LogP contribution in [0.1, 0.15) is 44.1 Å². The van der Waals surface area contributed by atoms with Gasteiger partial charge in [0.15, 0.2) is 0 Å². The molecule has 4 rings (SSSR count). The first-order chi connectivity index (χ1) is 9.87. The van der Waals surface area contributed by atoms with Crippen LogP contribution >= 0.6 is 0 Å². The lowest BCUT2D eigenvalue weighted by Gasteiger charge is -2.49. The second-order valence-electron chi connectivity index (χ2n) is 7.26. The van der Waals surface area contributed by atoms with Gasteiger partial charge >= 0.3 is 5.97 Å². The number of esters is 1. The molecule has 4 heteroatoms. The molecule has 0 N–H and O–H groups in total. The summed E-state index contributed by atoms with van der Waals surface area (Å²) in [5.41, 5.74) is 2.44. The van der Waals surface area contributed by atoms with Gasteiger partial charge in [0, 0.05) is 31.1 Å². The maximum absolute atomic E-state index is 11.4. The van der Waals surface area contributed by atoms with E-state index in [2.05, 4.69) is 20.8 Å². The number of aryl methyl sites for hydroxylation is 1. The number of carbonyl (C=O) groups excluding carboxylic acids is 1. The largest absolute Gasteiger partial charge is 0.469 e. The minimum Gasteiger partial charge on any atom is -0.469 e. The molecule has 1 spiro atoms. The molecule has 0 radical (unpaired) electrons. The van der Waals surface area contributed by atoms with Crippen molar-refractivity contribution in [1.29, 1.82) is 0 Å². The highest BCUT2D eigenvalue weighted by molar-refractivity contribution is 5.66. The predicted octanol–water partition coefficient (Wildman–Crippen LogP) is 2.80. The molecule has 1 saturated heterocycles. The summed E-state index contributed by atoms with van der Waals surface area (Å²) in [4.78, 5) is 11.4. The predicted molar refractivity (Wildman–Crippen MR) is 75.9 cm³/mol. The van der Waals surface area contributed by atoms with Crippen LogP contribution in [0.15, 0.2) is 10.7 Å². The molecular weight excluding hydrogens is 268 g/mol. The Bertz CT molecular complexity index is 618. The summed E-state index contributed by atoms with van der Waals surface area (Å²) in [5.74, 6) is 1.17. The summed E-state index contributed by atoms with van der Waals surface area (Å²) in [6.45, 7) is 8.09. The number of fused-ring (bicyclic) bond motifs is 1. The van der Waals surface area contributed by atoms with Crippen LogP contribution in [0.4, 0.5) is 0 Å². The molecule has 1 saturated carbocycles. The molecule has 1 aromatic heterocycles. The average Bonchev–Trinajstić information content (AvgIpc) is 3.00. The third kappa shape index (κ3) is 1.57. The Labute approximate surface area is 124 Å². The molecular formula is C17H22O4. The van der Waals surface area contributed by atoms with Crippen LogP contribution in [-0.4, -0.2) is 23.8 Å². The van der Waals surface area contributed by atoms with Gasteiger partial charge in [-0.25, -0.2) is 0 Å². The molecule has 2 heterocycles. The SMILES string of the molecule is CC(=O)OC1CC2OC23Cc2occ(C)c2CC3(C)C1C. The second-order valence-corrected chi connectivity index (χ2v) is 7.26. The van der Waals surface area contributed by atoms with Crippen molar-refractivity contribution in [2.75, 3.05) is 0 Å².